The van der Waals surface area contributed by atoms with Crippen molar-refractivity contribution in [2.45, 2.75) is 45.2 Å². The molecular formula is C23H23F4N3O2. The number of carbonyl (C=O) groups excluding carboxylic acids is 1. The molecule has 2 aromatic carbocycles. The zero-order valence-electron chi connectivity index (χ0n) is 17.9. The minimum atomic E-state index is -4.43. The standard InChI is InChI=1S/C23H23F4N3O2/c1-14-11-15(7-8-18(14)24)21-29-20(32-30-21)10-9-19(31)28-13-22(2,3)16-5-4-6-17(12-16)23(25,26)27/h4-8,11-12H,9-10,13H2,1-3H3,(H,28,31). The van der Waals surface area contributed by atoms with Crippen LogP contribution in [0.5, 0.6) is 0 Å². The van der Waals surface area contributed by atoms with E-state index in [4.69, 9.17) is 4.52 Å². The summed E-state index contributed by atoms with van der Waals surface area (Å²) >= 11 is 0. The van der Waals surface area contributed by atoms with Gasteiger partial charge in [-0.05, 0) is 42.3 Å². The van der Waals surface area contributed by atoms with E-state index in [0.717, 1.165) is 12.1 Å². The third-order valence-corrected chi connectivity index (χ3v) is 5.15. The van der Waals surface area contributed by atoms with Crippen molar-refractivity contribution in [1.82, 2.24) is 15.5 Å². The van der Waals surface area contributed by atoms with Gasteiger partial charge in [0.2, 0.25) is 17.6 Å². The number of halogens is 4. The molecule has 0 aliphatic heterocycles. The average Bonchev–Trinajstić information content (AvgIpc) is 3.21. The second-order valence-corrected chi connectivity index (χ2v) is 8.21. The first-order valence-corrected chi connectivity index (χ1v) is 9.99. The molecule has 1 heterocycles. The Morgan fingerprint density at radius 1 is 1.09 bits per heavy atom. The summed E-state index contributed by atoms with van der Waals surface area (Å²) in [6.07, 6.45) is -4.16. The summed E-state index contributed by atoms with van der Waals surface area (Å²) in [7, 11) is 0. The monoisotopic (exact) mass is 449 g/mol. The van der Waals surface area contributed by atoms with Gasteiger partial charge >= 0.3 is 6.18 Å². The molecule has 0 fully saturated rings. The van der Waals surface area contributed by atoms with Gasteiger partial charge in [-0.15, -0.1) is 0 Å². The fourth-order valence-corrected chi connectivity index (χ4v) is 3.10. The summed E-state index contributed by atoms with van der Waals surface area (Å²) in [6.45, 7) is 5.32. The highest BCUT2D eigenvalue weighted by atomic mass is 19.4. The predicted molar refractivity (Wildman–Crippen MR) is 110 cm³/mol. The van der Waals surface area contributed by atoms with E-state index in [1.807, 2.05) is 0 Å². The second-order valence-electron chi connectivity index (χ2n) is 8.21. The molecule has 3 aromatic rings. The Kier molecular flexibility index (Phi) is 6.66. The molecule has 0 aliphatic rings. The number of benzene rings is 2. The van der Waals surface area contributed by atoms with Gasteiger partial charge in [-0.2, -0.15) is 18.2 Å². The minimum Gasteiger partial charge on any atom is -0.355 e. The van der Waals surface area contributed by atoms with E-state index < -0.39 is 17.2 Å². The lowest BCUT2D eigenvalue weighted by Gasteiger charge is -2.26. The van der Waals surface area contributed by atoms with Crippen LogP contribution in [0.3, 0.4) is 0 Å². The summed E-state index contributed by atoms with van der Waals surface area (Å²) in [5.74, 6) is -0.0620. The topological polar surface area (TPSA) is 68.0 Å². The highest BCUT2D eigenvalue weighted by Crippen LogP contribution is 2.32. The quantitative estimate of drug-likeness (QED) is 0.502. The van der Waals surface area contributed by atoms with E-state index >= 15 is 0 Å². The second kappa shape index (κ2) is 9.10. The van der Waals surface area contributed by atoms with Gasteiger partial charge in [0, 0.05) is 30.4 Å². The number of alkyl halides is 3. The third-order valence-electron chi connectivity index (χ3n) is 5.15. The number of aromatic nitrogens is 2. The molecule has 3 rings (SSSR count). The Hall–Kier alpha value is -3.23. The normalized spacial score (nSPS) is 12.1. The summed E-state index contributed by atoms with van der Waals surface area (Å²) in [6, 6.07) is 9.55. The zero-order valence-corrected chi connectivity index (χ0v) is 17.9. The summed E-state index contributed by atoms with van der Waals surface area (Å²) in [5.41, 5.74) is 0.110. The number of aryl methyl sites for hydroxylation is 2. The van der Waals surface area contributed by atoms with Crippen LogP contribution in [0.4, 0.5) is 17.6 Å². The van der Waals surface area contributed by atoms with Crippen molar-refractivity contribution in [2.24, 2.45) is 0 Å². The van der Waals surface area contributed by atoms with Crippen LogP contribution in [0, 0.1) is 12.7 Å². The lowest BCUT2D eigenvalue weighted by Crippen LogP contribution is -2.37. The van der Waals surface area contributed by atoms with Gasteiger partial charge in [-0.3, -0.25) is 4.79 Å². The van der Waals surface area contributed by atoms with E-state index in [9.17, 15) is 22.4 Å². The molecule has 0 aliphatic carbocycles. The highest BCUT2D eigenvalue weighted by Gasteiger charge is 2.32. The molecule has 9 heteroatoms. The highest BCUT2D eigenvalue weighted by molar-refractivity contribution is 5.76. The molecule has 1 aromatic heterocycles. The van der Waals surface area contributed by atoms with E-state index in [1.54, 1.807) is 39.0 Å². The van der Waals surface area contributed by atoms with Gasteiger partial charge in [0.25, 0.3) is 0 Å². The van der Waals surface area contributed by atoms with E-state index in [1.165, 1.54) is 12.1 Å². The number of hydrogen-bond acceptors (Lipinski definition) is 4. The minimum absolute atomic E-state index is 0.0722. The molecule has 1 N–H and O–H groups in total. The van der Waals surface area contributed by atoms with Crippen LogP contribution in [0.2, 0.25) is 0 Å². The molecule has 1 amide bonds. The van der Waals surface area contributed by atoms with Gasteiger partial charge in [0.15, 0.2) is 0 Å². The fraction of sp³-hybridized carbons (Fsp3) is 0.348. The van der Waals surface area contributed by atoms with Crippen molar-refractivity contribution in [2.75, 3.05) is 6.54 Å². The average molecular weight is 449 g/mol. The van der Waals surface area contributed by atoms with Crippen molar-refractivity contribution < 1.29 is 26.9 Å². The zero-order chi connectivity index (χ0) is 23.5. The van der Waals surface area contributed by atoms with Gasteiger partial charge in [0.1, 0.15) is 5.82 Å². The number of rotatable bonds is 7. The molecule has 0 saturated heterocycles. The molecule has 5 nitrogen and oxygen atoms in total. The first-order chi connectivity index (χ1) is 15.0. The first-order valence-electron chi connectivity index (χ1n) is 9.99. The summed E-state index contributed by atoms with van der Waals surface area (Å²) in [5, 5.41) is 6.61. The number of hydrogen-bond donors (Lipinski definition) is 1. The molecular weight excluding hydrogens is 426 g/mol. The molecule has 0 radical (unpaired) electrons. The number of nitrogens with zero attached hydrogens (tertiary/aromatic N) is 2. The fourth-order valence-electron chi connectivity index (χ4n) is 3.10. The number of nitrogens with one attached hydrogen (secondary N) is 1. The maximum absolute atomic E-state index is 13.4. The summed E-state index contributed by atoms with van der Waals surface area (Å²) in [4.78, 5) is 16.5. The predicted octanol–water partition coefficient (Wildman–Crippen LogP) is 5.23. The molecule has 0 atom stereocenters. The van der Waals surface area contributed by atoms with Gasteiger partial charge in [-0.1, -0.05) is 37.2 Å². The van der Waals surface area contributed by atoms with Crippen molar-refractivity contribution in [3.05, 3.63) is 70.9 Å². The SMILES string of the molecule is Cc1cc(-c2noc(CCC(=O)NCC(C)(C)c3cccc(C(F)(F)F)c3)n2)ccc1F. The molecule has 170 valence electrons. The van der Waals surface area contributed by atoms with Crippen LogP contribution in [0.25, 0.3) is 11.4 Å². The lowest BCUT2D eigenvalue weighted by atomic mass is 9.83. The van der Waals surface area contributed by atoms with Gasteiger partial charge in [-0.25, -0.2) is 4.39 Å². The third kappa shape index (κ3) is 5.72. The van der Waals surface area contributed by atoms with Gasteiger partial charge < -0.3 is 9.84 Å². The van der Waals surface area contributed by atoms with Crippen molar-refractivity contribution in [1.29, 1.82) is 0 Å². The summed E-state index contributed by atoms with van der Waals surface area (Å²) < 4.78 is 57.5. The largest absolute Gasteiger partial charge is 0.416 e. The lowest BCUT2D eigenvalue weighted by molar-refractivity contribution is -0.137. The number of amides is 1. The molecule has 0 saturated carbocycles. The Labute approximate surface area is 182 Å². The Morgan fingerprint density at radius 2 is 1.81 bits per heavy atom. The number of carbonyl (C=O) groups is 1. The Balaban J connectivity index is 1.55. The Bertz CT molecular complexity index is 1110. The molecule has 0 spiro atoms. The van der Waals surface area contributed by atoms with Crippen LogP contribution in [-0.4, -0.2) is 22.6 Å². The van der Waals surface area contributed by atoms with Crippen LogP contribution >= 0.6 is 0 Å². The van der Waals surface area contributed by atoms with Crippen molar-refractivity contribution in [3.63, 3.8) is 0 Å². The van der Waals surface area contributed by atoms with Crippen molar-refractivity contribution >= 4 is 5.91 Å². The van der Waals surface area contributed by atoms with Crippen molar-refractivity contribution in [3.8, 4) is 11.4 Å². The maximum Gasteiger partial charge on any atom is 0.416 e. The smallest absolute Gasteiger partial charge is 0.355 e. The van der Waals surface area contributed by atoms with E-state index in [-0.39, 0.29) is 37.0 Å². The first kappa shape index (κ1) is 23.4. The van der Waals surface area contributed by atoms with E-state index in [2.05, 4.69) is 15.5 Å². The van der Waals surface area contributed by atoms with E-state index in [0.29, 0.717) is 22.5 Å². The van der Waals surface area contributed by atoms with Crippen LogP contribution in [-0.2, 0) is 22.8 Å². The van der Waals surface area contributed by atoms with Crippen LogP contribution < -0.4 is 5.32 Å². The maximum atomic E-state index is 13.4. The molecule has 0 bridgehead atoms. The Morgan fingerprint density at radius 3 is 2.50 bits per heavy atom. The molecule has 32 heavy (non-hydrogen) atoms. The molecule has 0 unspecified atom stereocenters. The van der Waals surface area contributed by atoms with Gasteiger partial charge in [0.05, 0.1) is 5.56 Å². The van der Waals surface area contributed by atoms with Crippen LogP contribution in [0.1, 0.15) is 42.8 Å². The van der Waals surface area contributed by atoms with Crippen LogP contribution in [0.15, 0.2) is 47.0 Å².